The molecular formula is C16H13ClO. The zero-order valence-electron chi connectivity index (χ0n) is 10.1. The van der Waals surface area contributed by atoms with E-state index in [1.54, 1.807) is 0 Å². The van der Waals surface area contributed by atoms with Gasteiger partial charge in [-0.1, -0.05) is 42.5 Å². The van der Waals surface area contributed by atoms with Gasteiger partial charge in [0.15, 0.2) is 0 Å². The molecule has 0 bridgehead atoms. The van der Waals surface area contributed by atoms with Gasteiger partial charge in [0.1, 0.15) is 16.9 Å². The first-order valence-corrected chi connectivity index (χ1v) is 6.37. The van der Waals surface area contributed by atoms with Gasteiger partial charge in [-0.3, -0.25) is 0 Å². The molecule has 18 heavy (non-hydrogen) atoms. The first-order valence-electron chi connectivity index (χ1n) is 5.94. The summed E-state index contributed by atoms with van der Waals surface area (Å²) in [5, 5.41) is 2.13. The summed E-state index contributed by atoms with van der Waals surface area (Å²) < 4.78 is 5.62. The molecule has 0 radical (unpaired) electrons. The standard InChI is InChI=1S/C16H13ClO/c1-11-9-10-15(18-11)16(17)14-8-4-6-12-5-2-3-7-13(12)14/h2-10,16H,1H3. The van der Waals surface area contributed by atoms with Crippen molar-refractivity contribution in [3.05, 3.63) is 71.7 Å². The van der Waals surface area contributed by atoms with Crippen LogP contribution >= 0.6 is 11.6 Å². The van der Waals surface area contributed by atoms with Crippen LogP contribution in [0.1, 0.15) is 22.5 Å². The maximum Gasteiger partial charge on any atom is 0.126 e. The quantitative estimate of drug-likeness (QED) is 0.584. The van der Waals surface area contributed by atoms with Crippen LogP contribution in [0, 0.1) is 6.92 Å². The van der Waals surface area contributed by atoms with Gasteiger partial charge in [0, 0.05) is 0 Å². The fourth-order valence-corrected chi connectivity index (χ4v) is 2.52. The van der Waals surface area contributed by atoms with Crippen molar-refractivity contribution < 1.29 is 4.42 Å². The molecule has 0 saturated heterocycles. The Bertz CT molecular complexity index is 679. The van der Waals surface area contributed by atoms with E-state index in [2.05, 4.69) is 24.3 Å². The summed E-state index contributed by atoms with van der Waals surface area (Å²) >= 11 is 6.53. The molecule has 0 N–H and O–H groups in total. The number of hydrogen-bond donors (Lipinski definition) is 0. The summed E-state index contributed by atoms with van der Waals surface area (Å²) in [6, 6.07) is 18.3. The molecule has 1 atom stereocenters. The summed E-state index contributed by atoms with van der Waals surface area (Å²) in [6.07, 6.45) is 0. The van der Waals surface area contributed by atoms with Crippen molar-refractivity contribution in [2.75, 3.05) is 0 Å². The molecule has 90 valence electrons. The third-order valence-electron chi connectivity index (χ3n) is 3.11. The van der Waals surface area contributed by atoms with E-state index in [4.69, 9.17) is 16.0 Å². The minimum absolute atomic E-state index is 0.246. The lowest BCUT2D eigenvalue weighted by Gasteiger charge is -2.10. The number of halogens is 1. The molecule has 3 rings (SSSR count). The van der Waals surface area contributed by atoms with Gasteiger partial charge < -0.3 is 4.42 Å². The van der Waals surface area contributed by atoms with Crippen LogP contribution in [0.4, 0.5) is 0 Å². The van der Waals surface area contributed by atoms with E-state index in [1.165, 1.54) is 10.8 Å². The van der Waals surface area contributed by atoms with Crippen LogP contribution in [-0.4, -0.2) is 0 Å². The predicted octanol–water partition coefficient (Wildman–Crippen LogP) is 5.07. The fraction of sp³-hybridized carbons (Fsp3) is 0.125. The van der Waals surface area contributed by atoms with Crippen molar-refractivity contribution >= 4 is 22.4 Å². The second-order valence-electron chi connectivity index (χ2n) is 4.38. The van der Waals surface area contributed by atoms with Crippen LogP contribution in [0.15, 0.2) is 59.0 Å². The van der Waals surface area contributed by atoms with E-state index in [-0.39, 0.29) is 5.38 Å². The van der Waals surface area contributed by atoms with Gasteiger partial charge in [0.05, 0.1) is 0 Å². The minimum Gasteiger partial charge on any atom is -0.464 e. The SMILES string of the molecule is Cc1ccc(C(Cl)c2cccc3ccccc23)o1. The third kappa shape index (κ3) is 1.91. The Morgan fingerprint density at radius 3 is 2.50 bits per heavy atom. The van der Waals surface area contributed by atoms with Gasteiger partial charge in [0.2, 0.25) is 0 Å². The number of furan rings is 1. The molecule has 0 aliphatic rings. The Morgan fingerprint density at radius 2 is 1.72 bits per heavy atom. The lowest BCUT2D eigenvalue weighted by Crippen LogP contribution is -1.92. The largest absolute Gasteiger partial charge is 0.464 e. The molecule has 2 aromatic carbocycles. The Balaban J connectivity index is 2.14. The number of alkyl halides is 1. The highest BCUT2D eigenvalue weighted by Crippen LogP contribution is 2.34. The molecule has 0 fully saturated rings. The zero-order valence-corrected chi connectivity index (χ0v) is 10.8. The number of rotatable bonds is 2. The van der Waals surface area contributed by atoms with Crippen molar-refractivity contribution in [3.8, 4) is 0 Å². The molecule has 1 nitrogen and oxygen atoms in total. The van der Waals surface area contributed by atoms with E-state index in [1.807, 2.05) is 37.3 Å². The lowest BCUT2D eigenvalue weighted by molar-refractivity contribution is 0.489. The Labute approximate surface area is 111 Å². The third-order valence-corrected chi connectivity index (χ3v) is 3.56. The molecule has 2 heteroatoms. The molecule has 0 aliphatic heterocycles. The second-order valence-corrected chi connectivity index (χ2v) is 4.82. The first-order chi connectivity index (χ1) is 8.75. The number of benzene rings is 2. The number of fused-ring (bicyclic) bond motifs is 1. The molecule has 1 unspecified atom stereocenters. The van der Waals surface area contributed by atoms with Gasteiger partial charge in [-0.2, -0.15) is 0 Å². The molecule has 3 aromatic rings. The number of aryl methyl sites for hydroxylation is 1. The molecular weight excluding hydrogens is 244 g/mol. The highest BCUT2D eigenvalue weighted by Gasteiger charge is 2.16. The van der Waals surface area contributed by atoms with Crippen molar-refractivity contribution in [2.24, 2.45) is 0 Å². The normalized spacial score (nSPS) is 12.8. The molecule has 0 spiro atoms. The fourth-order valence-electron chi connectivity index (χ4n) is 2.21. The van der Waals surface area contributed by atoms with E-state index < -0.39 is 0 Å². The van der Waals surface area contributed by atoms with Gasteiger partial charge in [-0.25, -0.2) is 0 Å². The molecule has 0 aliphatic carbocycles. The van der Waals surface area contributed by atoms with Crippen LogP contribution in [0.2, 0.25) is 0 Å². The molecule has 0 saturated carbocycles. The zero-order chi connectivity index (χ0) is 12.5. The minimum atomic E-state index is -0.246. The lowest BCUT2D eigenvalue weighted by atomic mass is 10.0. The van der Waals surface area contributed by atoms with Crippen molar-refractivity contribution in [1.29, 1.82) is 0 Å². The molecule has 1 heterocycles. The average molecular weight is 257 g/mol. The van der Waals surface area contributed by atoms with E-state index in [0.29, 0.717) is 0 Å². The van der Waals surface area contributed by atoms with Gasteiger partial charge in [-0.05, 0) is 35.4 Å². The van der Waals surface area contributed by atoms with Gasteiger partial charge >= 0.3 is 0 Å². The summed E-state index contributed by atoms with van der Waals surface area (Å²) in [6.45, 7) is 1.93. The molecule has 1 aromatic heterocycles. The molecule has 0 amide bonds. The highest BCUT2D eigenvalue weighted by molar-refractivity contribution is 6.23. The second kappa shape index (κ2) is 4.51. The van der Waals surface area contributed by atoms with Crippen LogP contribution < -0.4 is 0 Å². The maximum absolute atomic E-state index is 6.53. The maximum atomic E-state index is 6.53. The smallest absolute Gasteiger partial charge is 0.126 e. The van der Waals surface area contributed by atoms with E-state index >= 15 is 0 Å². The summed E-state index contributed by atoms with van der Waals surface area (Å²) in [4.78, 5) is 0. The topological polar surface area (TPSA) is 13.1 Å². The Kier molecular flexibility index (Phi) is 2.85. The van der Waals surface area contributed by atoms with Gasteiger partial charge in [-0.15, -0.1) is 11.6 Å². The summed E-state index contributed by atoms with van der Waals surface area (Å²) in [7, 11) is 0. The van der Waals surface area contributed by atoms with Crippen molar-refractivity contribution in [3.63, 3.8) is 0 Å². The van der Waals surface area contributed by atoms with Crippen LogP contribution in [-0.2, 0) is 0 Å². The van der Waals surface area contributed by atoms with Gasteiger partial charge in [0.25, 0.3) is 0 Å². The monoisotopic (exact) mass is 256 g/mol. The van der Waals surface area contributed by atoms with Crippen LogP contribution in [0.25, 0.3) is 10.8 Å². The predicted molar refractivity (Wildman–Crippen MR) is 75.1 cm³/mol. The Morgan fingerprint density at radius 1 is 0.944 bits per heavy atom. The number of hydrogen-bond acceptors (Lipinski definition) is 1. The van der Waals surface area contributed by atoms with Crippen molar-refractivity contribution in [2.45, 2.75) is 12.3 Å². The summed E-state index contributed by atoms with van der Waals surface area (Å²) in [5.41, 5.74) is 1.09. The summed E-state index contributed by atoms with van der Waals surface area (Å²) in [5.74, 6) is 1.68. The highest BCUT2D eigenvalue weighted by atomic mass is 35.5. The van der Waals surface area contributed by atoms with Crippen LogP contribution in [0.3, 0.4) is 0 Å². The van der Waals surface area contributed by atoms with Crippen LogP contribution in [0.5, 0.6) is 0 Å². The first kappa shape index (κ1) is 11.4. The Hall–Kier alpha value is -1.73. The van der Waals surface area contributed by atoms with Crippen molar-refractivity contribution in [1.82, 2.24) is 0 Å². The average Bonchev–Trinajstić information content (AvgIpc) is 2.84. The van der Waals surface area contributed by atoms with E-state index in [0.717, 1.165) is 17.1 Å². The van der Waals surface area contributed by atoms with E-state index in [9.17, 15) is 0 Å².